The first-order chi connectivity index (χ1) is 17.5. The highest BCUT2D eigenvalue weighted by Gasteiger charge is 2.48. The van der Waals surface area contributed by atoms with Gasteiger partial charge in [-0.2, -0.15) is 0 Å². The molecule has 1 heterocycles. The molecule has 1 N–H and O–H groups in total. The van der Waals surface area contributed by atoms with Crippen LogP contribution in [0.2, 0.25) is 10.0 Å². The first-order valence-corrected chi connectivity index (χ1v) is 14.4. The minimum Gasteiger partial charge on any atom is -0.481 e. The van der Waals surface area contributed by atoms with Crippen molar-refractivity contribution in [3.8, 4) is 0 Å². The molecule has 8 nitrogen and oxygen atoms in total. The van der Waals surface area contributed by atoms with Crippen LogP contribution in [0.5, 0.6) is 0 Å². The molecule has 11 heteroatoms. The van der Waals surface area contributed by atoms with Crippen molar-refractivity contribution in [3.05, 3.63) is 69.7 Å². The maximum atomic E-state index is 13.9. The lowest BCUT2D eigenvalue weighted by molar-refractivity contribution is -0.183. The van der Waals surface area contributed by atoms with Crippen LogP contribution in [0.15, 0.2) is 48.5 Å². The number of morpholine rings is 1. The minimum absolute atomic E-state index is 0.0766. The van der Waals surface area contributed by atoms with Crippen LogP contribution in [0, 0.1) is 0 Å². The Morgan fingerprint density at radius 1 is 1.14 bits per heavy atom. The fraction of sp³-hybridized carbons (Fsp3) is 0.462. The van der Waals surface area contributed by atoms with E-state index < -0.39 is 52.6 Å². The quantitative estimate of drug-likeness (QED) is 0.446. The molecule has 1 saturated carbocycles. The average molecular weight is 570 g/mol. The van der Waals surface area contributed by atoms with E-state index in [4.69, 9.17) is 27.9 Å². The van der Waals surface area contributed by atoms with E-state index in [1.54, 1.807) is 47.4 Å². The monoisotopic (exact) mass is 568 g/mol. The van der Waals surface area contributed by atoms with Crippen LogP contribution >= 0.6 is 23.2 Å². The number of ether oxygens (including phenoxy) is 1. The van der Waals surface area contributed by atoms with Crippen molar-refractivity contribution >= 4 is 45.1 Å². The second kappa shape index (κ2) is 11.3. The lowest BCUT2D eigenvalue weighted by Crippen LogP contribution is -2.57. The molecule has 2 aromatic rings. The van der Waals surface area contributed by atoms with Gasteiger partial charge in [-0.1, -0.05) is 54.4 Å². The highest BCUT2D eigenvalue weighted by Crippen LogP contribution is 2.45. The molecular weight excluding hydrogens is 539 g/mol. The summed E-state index contributed by atoms with van der Waals surface area (Å²) in [5.74, 6) is -1.67. The number of likely N-dealkylation sites (N-methyl/N-ethyl adjacent to an activating group) is 1. The second-order valence-electron chi connectivity index (χ2n) is 9.53. The number of hydrogen-bond donors (Lipinski definition) is 1. The third kappa shape index (κ3) is 6.12. The van der Waals surface area contributed by atoms with Gasteiger partial charge >= 0.3 is 5.97 Å². The molecule has 1 aliphatic carbocycles. The van der Waals surface area contributed by atoms with Crippen LogP contribution in [0.1, 0.15) is 55.9 Å². The molecule has 37 heavy (non-hydrogen) atoms. The Hall–Kier alpha value is -2.17. The SMILES string of the molecule is CC[C@@H](CN(C)S(=O)(=O)C1CC1)N1C(=O)[C@@H](CC(=O)O)O[C@H](c2cccc(Cl)c2)[C@H]1c1ccc(Cl)cc1. The smallest absolute Gasteiger partial charge is 0.306 e. The standard InChI is InChI=1S/C26H30Cl2N2O6S/c1-3-20(15-29(2)37(34,35)21-11-12-21)30-24(16-7-9-18(27)10-8-16)25(17-5-4-6-19(28)13-17)36-22(26(30)33)14-23(31)32/h4-10,13,20-22,24-25H,3,11-12,14-15H2,1-2H3,(H,31,32)/t20-,22+,24+,25+/m0/s1. The normalized spacial score (nSPS) is 23.3. The fourth-order valence-corrected chi connectivity index (χ4v) is 6.78. The van der Waals surface area contributed by atoms with E-state index in [0.717, 1.165) is 5.56 Å². The Balaban J connectivity index is 1.81. The van der Waals surface area contributed by atoms with Crippen molar-refractivity contribution in [3.63, 3.8) is 0 Å². The topological polar surface area (TPSA) is 104 Å². The number of rotatable bonds is 10. The molecule has 2 aliphatic rings. The Morgan fingerprint density at radius 2 is 1.81 bits per heavy atom. The zero-order chi connectivity index (χ0) is 26.9. The molecule has 0 unspecified atom stereocenters. The number of sulfonamides is 1. The van der Waals surface area contributed by atoms with Crippen LogP contribution in [0.4, 0.5) is 0 Å². The van der Waals surface area contributed by atoms with Crippen molar-refractivity contribution < 1.29 is 27.9 Å². The number of benzene rings is 2. The lowest BCUT2D eigenvalue weighted by Gasteiger charge is -2.48. The number of amides is 1. The summed E-state index contributed by atoms with van der Waals surface area (Å²) in [5, 5.41) is 10.1. The number of carbonyl (C=O) groups excluding carboxylic acids is 1. The van der Waals surface area contributed by atoms with E-state index >= 15 is 0 Å². The predicted molar refractivity (Wildman–Crippen MR) is 141 cm³/mol. The highest BCUT2D eigenvalue weighted by atomic mass is 35.5. The van der Waals surface area contributed by atoms with Gasteiger partial charge in [0.25, 0.3) is 5.91 Å². The summed E-state index contributed by atoms with van der Waals surface area (Å²) in [6.07, 6.45) is -0.810. The molecule has 2 fully saturated rings. The molecule has 1 saturated heterocycles. The molecular formula is C26H30Cl2N2O6S. The van der Waals surface area contributed by atoms with Crippen molar-refractivity contribution in [2.45, 2.75) is 62.1 Å². The summed E-state index contributed by atoms with van der Waals surface area (Å²) < 4.78 is 33.4. The van der Waals surface area contributed by atoms with Gasteiger partial charge in [-0.25, -0.2) is 12.7 Å². The summed E-state index contributed by atoms with van der Waals surface area (Å²) >= 11 is 12.4. The Kier molecular flexibility index (Phi) is 8.50. The van der Waals surface area contributed by atoms with E-state index in [9.17, 15) is 23.1 Å². The van der Waals surface area contributed by atoms with Gasteiger partial charge in [0.1, 0.15) is 12.2 Å². The van der Waals surface area contributed by atoms with Crippen molar-refractivity contribution in [1.82, 2.24) is 9.21 Å². The van der Waals surface area contributed by atoms with Crippen LogP contribution in [0.25, 0.3) is 0 Å². The zero-order valence-electron chi connectivity index (χ0n) is 20.6. The fourth-order valence-electron chi connectivity index (χ4n) is 4.83. The average Bonchev–Trinajstić information content (AvgIpc) is 3.70. The van der Waals surface area contributed by atoms with E-state index in [0.29, 0.717) is 34.9 Å². The third-order valence-electron chi connectivity index (χ3n) is 6.89. The highest BCUT2D eigenvalue weighted by molar-refractivity contribution is 7.90. The number of aliphatic carboxylic acids is 1. The summed E-state index contributed by atoms with van der Waals surface area (Å²) in [7, 11) is -1.95. The third-order valence-corrected chi connectivity index (χ3v) is 9.71. The molecule has 0 radical (unpaired) electrons. The van der Waals surface area contributed by atoms with Gasteiger partial charge < -0.3 is 14.7 Å². The number of halogens is 2. The van der Waals surface area contributed by atoms with E-state index in [1.165, 1.54) is 11.4 Å². The number of carbonyl (C=O) groups is 2. The minimum atomic E-state index is -3.48. The van der Waals surface area contributed by atoms with Gasteiger partial charge in [0.15, 0.2) is 0 Å². The van der Waals surface area contributed by atoms with Crippen LogP contribution < -0.4 is 0 Å². The molecule has 2 aromatic carbocycles. The van der Waals surface area contributed by atoms with Crippen molar-refractivity contribution in [2.24, 2.45) is 0 Å². The maximum absolute atomic E-state index is 13.9. The van der Waals surface area contributed by atoms with Crippen molar-refractivity contribution in [1.29, 1.82) is 0 Å². The van der Waals surface area contributed by atoms with Crippen LogP contribution in [-0.2, 0) is 24.3 Å². The summed E-state index contributed by atoms with van der Waals surface area (Å²) in [6, 6.07) is 12.8. The van der Waals surface area contributed by atoms with Gasteiger partial charge in [0.2, 0.25) is 10.0 Å². The van der Waals surface area contributed by atoms with E-state index in [1.807, 2.05) is 13.0 Å². The Morgan fingerprint density at radius 3 is 2.38 bits per heavy atom. The van der Waals surface area contributed by atoms with Gasteiger partial charge in [-0.3, -0.25) is 9.59 Å². The Labute approximate surface area is 227 Å². The largest absolute Gasteiger partial charge is 0.481 e. The van der Waals surface area contributed by atoms with Crippen LogP contribution in [0.3, 0.4) is 0 Å². The first kappa shape index (κ1) is 27.9. The lowest BCUT2D eigenvalue weighted by atomic mass is 9.89. The van der Waals surface area contributed by atoms with Crippen LogP contribution in [-0.4, -0.2) is 65.6 Å². The maximum Gasteiger partial charge on any atom is 0.306 e. The second-order valence-corrected chi connectivity index (χ2v) is 12.7. The summed E-state index contributed by atoms with van der Waals surface area (Å²) in [5.41, 5.74) is 1.40. The molecule has 1 amide bonds. The van der Waals surface area contributed by atoms with E-state index in [2.05, 4.69) is 0 Å². The number of nitrogens with zero attached hydrogens (tertiary/aromatic N) is 2. The Bertz CT molecular complexity index is 1250. The van der Waals surface area contributed by atoms with Crippen molar-refractivity contribution in [2.75, 3.05) is 13.6 Å². The first-order valence-electron chi connectivity index (χ1n) is 12.2. The molecule has 0 aromatic heterocycles. The molecule has 4 rings (SSSR count). The molecule has 200 valence electrons. The van der Waals surface area contributed by atoms with Gasteiger partial charge in [-0.05, 0) is 54.7 Å². The van der Waals surface area contributed by atoms with Gasteiger partial charge in [0.05, 0.1) is 17.7 Å². The van der Waals surface area contributed by atoms with Gasteiger partial charge in [0, 0.05) is 29.7 Å². The number of carboxylic acid groups (broad SMARTS) is 1. The molecule has 1 aliphatic heterocycles. The summed E-state index contributed by atoms with van der Waals surface area (Å²) in [4.78, 5) is 27.1. The summed E-state index contributed by atoms with van der Waals surface area (Å²) in [6.45, 7) is 1.96. The van der Waals surface area contributed by atoms with E-state index in [-0.39, 0.29) is 11.8 Å². The molecule has 0 spiro atoms. The number of hydrogen-bond acceptors (Lipinski definition) is 5. The molecule has 0 bridgehead atoms. The molecule has 4 atom stereocenters. The number of carboxylic acids is 1. The van der Waals surface area contributed by atoms with Gasteiger partial charge in [-0.15, -0.1) is 0 Å². The predicted octanol–water partition coefficient (Wildman–Crippen LogP) is 4.68. The zero-order valence-corrected chi connectivity index (χ0v) is 22.9.